The van der Waals surface area contributed by atoms with Crippen LogP contribution in [0.3, 0.4) is 0 Å². The van der Waals surface area contributed by atoms with Gasteiger partial charge < -0.3 is 28.4 Å². The fourth-order valence-corrected chi connectivity index (χ4v) is 8.42. The Bertz CT molecular complexity index is 1150. The van der Waals surface area contributed by atoms with E-state index in [0.29, 0.717) is 19.8 Å². The molecule has 0 bridgehead atoms. The monoisotopic (exact) mass is 688 g/mol. The lowest BCUT2D eigenvalue weighted by Gasteiger charge is -2.40. The van der Waals surface area contributed by atoms with Crippen molar-refractivity contribution in [2.24, 2.45) is 23.7 Å². The van der Waals surface area contributed by atoms with Crippen LogP contribution in [-0.4, -0.2) is 91.7 Å². The van der Waals surface area contributed by atoms with Crippen LogP contribution in [-0.2, 0) is 57.2 Å². The van der Waals surface area contributed by atoms with Crippen molar-refractivity contribution in [1.29, 1.82) is 0 Å². The standard InChI is InChI=1S/C37H52O12/c38-26(31-19-44-31)16-34(41)47-29-10-3-1-6-22(29)12-14-24-8-5-9-25(37(24)49-36(43)18-28(40)33-21-46-33)15-13-23-7-2-4-11-30(23)48-35(42)17-27(39)32-20-45-32/h22-25,29-33,37H,1-21H2. The van der Waals surface area contributed by atoms with Gasteiger partial charge in [0, 0.05) is 0 Å². The maximum absolute atomic E-state index is 13.1. The summed E-state index contributed by atoms with van der Waals surface area (Å²) in [5, 5.41) is 0. The minimum Gasteiger partial charge on any atom is -0.462 e. The van der Waals surface area contributed by atoms with Crippen LogP contribution in [0.15, 0.2) is 0 Å². The molecule has 12 heteroatoms. The predicted octanol–water partition coefficient (Wildman–Crippen LogP) is 4.15. The van der Waals surface area contributed by atoms with E-state index in [0.717, 1.165) is 96.3 Å². The molecule has 0 aromatic carbocycles. The van der Waals surface area contributed by atoms with E-state index in [1.165, 1.54) is 0 Å². The number of carbonyl (C=O) groups is 6. The Morgan fingerprint density at radius 2 is 0.755 bits per heavy atom. The smallest absolute Gasteiger partial charge is 0.313 e. The molecule has 49 heavy (non-hydrogen) atoms. The molecule has 9 atom stereocenters. The fourth-order valence-electron chi connectivity index (χ4n) is 8.42. The van der Waals surface area contributed by atoms with Gasteiger partial charge in [-0.2, -0.15) is 0 Å². The Labute approximate surface area is 287 Å². The first-order valence-electron chi connectivity index (χ1n) is 18.7. The third kappa shape index (κ3) is 10.9. The highest BCUT2D eigenvalue weighted by Crippen LogP contribution is 2.42. The van der Waals surface area contributed by atoms with Crippen LogP contribution in [0.25, 0.3) is 0 Å². The van der Waals surface area contributed by atoms with Gasteiger partial charge in [0.2, 0.25) is 0 Å². The summed E-state index contributed by atoms with van der Waals surface area (Å²) >= 11 is 0. The number of hydrogen-bond acceptors (Lipinski definition) is 12. The third-order valence-corrected chi connectivity index (χ3v) is 11.4. The van der Waals surface area contributed by atoms with Crippen molar-refractivity contribution in [3.8, 4) is 0 Å². The molecule has 0 spiro atoms. The number of ketones is 3. The molecule has 272 valence electrons. The molecule has 9 unspecified atom stereocenters. The summed E-state index contributed by atoms with van der Waals surface area (Å²) in [6.07, 6.45) is 10.5. The zero-order chi connectivity index (χ0) is 34.3. The van der Waals surface area contributed by atoms with Crippen LogP contribution >= 0.6 is 0 Å². The van der Waals surface area contributed by atoms with Crippen molar-refractivity contribution >= 4 is 35.3 Å². The van der Waals surface area contributed by atoms with E-state index >= 15 is 0 Å². The third-order valence-electron chi connectivity index (χ3n) is 11.4. The van der Waals surface area contributed by atoms with Gasteiger partial charge in [0.05, 0.1) is 19.8 Å². The molecule has 6 rings (SSSR count). The molecular formula is C37H52O12. The minimum absolute atomic E-state index is 0.109. The first-order chi connectivity index (χ1) is 23.7. The summed E-state index contributed by atoms with van der Waals surface area (Å²) in [6.45, 7) is 1.11. The zero-order valence-electron chi connectivity index (χ0n) is 28.5. The largest absolute Gasteiger partial charge is 0.462 e. The zero-order valence-corrected chi connectivity index (χ0v) is 28.5. The Hall–Kier alpha value is -2.70. The van der Waals surface area contributed by atoms with Gasteiger partial charge in [0.15, 0.2) is 17.3 Å². The molecule has 0 radical (unpaired) electrons. The van der Waals surface area contributed by atoms with Crippen molar-refractivity contribution in [3.63, 3.8) is 0 Å². The van der Waals surface area contributed by atoms with Crippen molar-refractivity contribution in [2.75, 3.05) is 19.8 Å². The first-order valence-corrected chi connectivity index (χ1v) is 18.7. The maximum atomic E-state index is 13.1. The molecular weight excluding hydrogens is 636 g/mol. The molecule has 3 aliphatic carbocycles. The summed E-state index contributed by atoms with van der Waals surface area (Å²) in [5.41, 5.74) is 0. The number of Topliss-reactive ketones (excluding diaryl/α,β-unsaturated/α-hetero) is 3. The van der Waals surface area contributed by atoms with Crippen molar-refractivity contribution in [3.05, 3.63) is 0 Å². The Morgan fingerprint density at radius 3 is 1.14 bits per heavy atom. The second kappa shape index (κ2) is 17.0. The Kier molecular flexibility index (Phi) is 12.5. The average Bonchev–Trinajstić information content (AvgIpc) is 3.93. The molecule has 0 N–H and O–H groups in total. The second-order valence-corrected chi connectivity index (χ2v) is 15.1. The van der Waals surface area contributed by atoms with E-state index in [1.807, 2.05) is 0 Å². The van der Waals surface area contributed by atoms with Crippen LogP contribution in [0.4, 0.5) is 0 Å². The number of esters is 3. The molecule has 0 aromatic rings. The fraction of sp³-hybridized carbons (Fsp3) is 0.838. The molecule has 0 aromatic heterocycles. The average molecular weight is 689 g/mol. The molecule has 3 saturated carbocycles. The lowest BCUT2D eigenvalue weighted by Crippen LogP contribution is -2.40. The van der Waals surface area contributed by atoms with Gasteiger partial charge >= 0.3 is 17.9 Å². The van der Waals surface area contributed by atoms with E-state index in [-0.39, 0.29) is 78.6 Å². The number of hydrogen-bond donors (Lipinski definition) is 0. The van der Waals surface area contributed by atoms with E-state index in [9.17, 15) is 28.8 Å². The van der Waals surface area contributed by atoms with Crippen LogP contribution < -0.4 is 0 Å². The van der Waals surface area contributed by atoms with Crippen LogP contribution in [0.2, 0.25) is 0 Å². The number of epoxide rings is 3. The summed E-state index contributed by atoms with van der Waals surface area (Å²) in [4.78, 5) is 74.8. The van der Waals surface area contributed by atoms with Crippen LogP contribution in [0, 0.1) is 23.7 Å². The second-order valence-electron chi connectivity index (χ2n) is 15.1. The van der Waals surface area contributed by atoms with Gasteiger partial charge in [0.25, 0.3) is 0 Å². The summed E-state index contributed by atoms with van der Waals surface area (Å²) in [6, 6.07) is 0. The van der Waals surface area contributed by atoms with Gasteiger partial charge in [0.1, 0.15) is 55.9 Å². The highest BCUT2D eigenvalue weighted by atomic mass is 16.6. The summed E-state index contributed by atoms with van der Waals surface area (Å²) < 4.78 is 33.0. The van der Waals surface area contributed by atoms with E-state index < -0.39 is 36.2 Å². The van der Waals surface area contributed by atoms with Crippen LogP contribution in [0.1, 0.15) is 116 Å². The highest BCUT2D eigenvalue weighted by Gasteiger charge is 2.41. The van der Waals surface area contributed by atoms with E-state index in [1.54, 1.807) is 0 Å². The Morgan fingerprint density at radius 1 is 0.429 bits per heavy atom. The molecule has 3 saturated heterocycles. The quantitative estimate of drug-likeness (QED) is 0.0875. The lowest BCUT2D eigenvalue weighted by atomic mass is 9.71. The normalized spacial score (nSPS) is 35.0. The van der Waals surface area contributed by atoms with Gasteiger partial charge in [-0.15, -0.1) is 0 Å². The molecule has 3 heterocycles. The predicted molar refractivity (Wildman–Crippen MR) is 171 cm³/mol. The molecule has 0 amide bonds. The van der Waals surface area contributed by atoms with Crippen molar-refractivity contribution in [2.45, 2.75) is 152 Å². The van der Waals surface area contributed by atoms with Gasteiger partial charge in [-0.1, -0.05) is 19.3 Å². The van der Waals surface area contributed by atoms with Crippen molar-refractivity contribution in [1.82, 2.24) is 0 Å². The number of rotatable bonds is 18. The topological polar surface area (TPSA) is 168 Å². The SMILES string of the molecule is O=C(CC(=O)C1CO1)OC1CCCCC1CCC1CCCC(CCC2CCCCC2OC(=O)CC(=O)C2CO2)C1OC(=O)CC(=O)C1CO1. The summed E-state index contributed by atoms with van der Waals surface area (Å²) in [7, 11) is 0. The van der Waals surface area contributed by atoms with Gasteiger partial charge in [-0.3, -0.25) is 28.8 Å². The lowest BCUT2D eigenvalue weighted by molar-refractivity contribution is -0.162. The highest BCUT2D eigenvalue weighted by molar-refractivity contribution is 6.00. The first kappa shape index (κ1) is 36.1. The van der Waals surface area contributed by atoms with E-state index in [4.69, 9.17) is 28.4 Å². The maximum Gasteiger partial charge on any atom is 0.313 e. The van der Waals surface area contributed by atoms with Gasteiger partial charge in [-0.25, -0.2) is 0 Å². The molecule has 6 aliphatic rings. The van der Waals surface area contributed by atoms with Crippen LogP contribution in [0.5, 0.6) is 0 Å². The molecule has 12 nitrogen and oxygen atoms in total. The number of carbonyl (C=O) groups excluding carboxylic acids is 6. The summed E-state index contributed by atoms with van der Waals surface area (Å²) in [5.74, 6) is -1.61. The Balaban J connectivity index is 1.06. The van der Waals surface area contributed by atoms with E-state index in [2.05, 4.69) is 0 Å². The molecule has 3 aliphatic heterocycles. The number of ether oxygens (including phenoxy) is 6. The minimum atomic E-state index is -0.509. The van der Waals surface area contributed by atoms with Gasteiger partial charge in [-0.05, 0) is 101 Å². The molecule has 6 fully saturated rings. The van der Waals surface area contributed by atoms with Crippen molar-refractivity contribution < 1.29 is 57.2 Å².